The van der Waals surface area contributed by atoms with Gasteiger partial charge in [0, 0.05) is 0 Å². The first-order chi connectivity index (χ1) is 9.11. The highest BCUT2D eigenvalue weighted by atomic mass is 35.5. The van der Waals surface area contributed by atoms with Crippen LogP contribution in [0.2, 0.25) is 5.22 Å². The van der Waals surface area contributed by atoms with E-state index in [1.54, 1.807) is 6.07 Å². The van der Waals surface area contributed by atoms with Crippen molar-refractivity contribution in [2.45, 2.75) is 33.2 Å². The summed E-state index contributed by atoms with van der Waals surface area (Å²) in [5.41, 5.74) is 4.02. The fourth-order valence-corrected chi connectivity index (χ4v) is 2.56. The van der Waals surface area contributed by atoms with Crippen molar-refractivity contribution in [3.63, 3.8) is 0 Å². The quantitative estimate of drug-likeness (QED) is 0.874. The van der Waals surface area contributed by atoms with Gasteiger partial charge in [-0.2, -0.15) is 0 Å². The number of likely N-dealkylation sites (N-methyl/N-ethyl adjacent to an activating group) is 1. The Hall–Kier alpha value is -1.25. The minimum Gasteiger partial charge on any atom is -0.448 e. The number of hydrogen-bond donors (Lipinski definition) is 1. The van der Waals surface area contributed by atoms with Crippen LogP contribution >= 0.6 is 11.6 Å². The molecule has 0 spiro atoms. The maximum atomic E-state index is 5.88. The largest absolute Gasteiger partial charge is 0.448 e. The summed E-state index contributed by atoms with van der Waals surface area (Å²) in [6, 6.07) is 10.3. The van der Waals surface area contributed by atoms with Crippen molar-refractivity contribution in [3.05, 3.63) is 58.0 Å². The van der Waals surface area contributed by atoms with Gasteiger partial charge in [-0.25, -0.2) is 0 Å². The molecule has 1 aromatic heterocycles. The summed E-state index contributed by atoms with van der Waals surface area (Å²) < 4.78 is 5.55. The summed E-state index contributed by atoms with van der Waals surface area (Å²) in [6.45, 7) is 7.30. The molecule has 0 saturated heterocycles. The van der Waals surface area contributed by atoms with E-state index in [0.29, 0.717) is 5.22 Å². The Morgan fingerprint density at radius 1 is 1.16 bits per heavy atom. The molecule has 2 nitrogen and oxygen atoms in total. The van der Waals surface area contributed by atoms with Gasteiger partial charge in [-0.1, -0.05) is 25.1 Å². The lowest BCUT2D eigenvalue weighted by Crippen LogP contribution is -2.23. The number of benzene rings is 1. The summed E-state index contributed by atoms with van der Waals surface area (Å²) in [6.07, 6.45) is 0.913. The molecule has 2 rings (SSSR count). The van der Waals surface area contributed by atoms with E-state index in [1.807, 2.05) is 6.07 Å². The standard InChI is InChI=1S/C16H20ClNO/c1-4-18-14(15-8-9-16(17)19-15)10-13-11(2)6-5-7-12(13)3/h5-9,14,18H,4,10H2,1-3H3. The number of furan rings is 1. The second-order valence-electron chi connectivity index (χ2n) is 4.83. The lowest BCUT2D eigenvalue weighted by Gasteiger charge is -2.18. The maximum Gasteiger partial charge on any atom is 0.193 e. The van der Waals surface area contributed by atoms with Crippen molar-refractivity contribution in [3.8, 4) is 0 Å². The Kier molecular flexibility index (Phi) is 4.67. The fraction of sp³-hybridized carbons (Fsp3) is 0.375. The number of hydrogen-bond acceptors (Lipinski definition) is 2. The third-order valence-corrected chi connectivity index (χ3v) is 3.64. The molecular weight excluding hydrogens is 258 g/mol. The first kappa shape index (κ1) is 14.2. The van der Waals surface area contributed by atoms with Crippen LogP contribution in [0.4, 0.5) is 0 Å². The predicted molar refractivity (Wildman–Crippen MR) is 79.8 cm³/mol. The van der Waals surface area contributed by atoms with Gasteiger partial charge in [0.15, 0.2) is 5.22 Å². The Morgan fingerprint density at radius 3 is 2.37 bits per heavy atom. The first-order valence-corrected chi connectivity index (χ1v) is 7.03. The van der Waals surface area contributed by atoms with Crippen LogP contribution in [0.1, 0.15) is 35.4 Å². The van der Waals surface area contributed by atoms with Crippen LogP contribution in [0.25, 0.3) is 0 Å². The number of halogens is 1. The third-order valence-electron chi connectivity index (χ3n) is 3.44. The first-order valence-electron chi connectivity index (χ1n) is 6.65. The SMILES string of the molecule is CCNC(Cc1c(C)cccc1C)c1ccc(Cl)o1. The zero-order valence-corrected chi connectivity index (χ0v) is 12.4. The molecule has 19 heavy (non-hydrogen) atoms. The molecule has 102 valence electrons. The molecule has 1 aromatic carbocycles. The average Bonchev–Trinajstić information content (AvgIpc) is 2.79. The lowest BCUT2D eigenvalue weighted by atomic mass is 9.95. The minimum absolute atomic E-state index is 0.164. The van der Waals surface area contributed by atoms with Gasteiger partial charge in [-0.3, -0.25) is 0 Å². The average molecular weight is 278 g/mol. The topological polar surface area (TPSA) is 25.2 Å². The van der Waals surface area contributed by atoms with E-state index in [2.05, 4.69) is 44.3 Å². The number of rotatable bonds is 5. The molecule has 0 bridgehead atoms. The molecule has 1 atom stereocenters. The second kappa shape index (κ2) is 6.27. The molecular formula is C16H20ClNO. The minimum atomic E-state index is 0.164. The highest BCUT2D eigenvalue weighted by molar-refractivity contribution is 6.28. The Morgan fingerprint density at radius 2 is 1.84 bits per heavy atom. The van der Waals surface area contributed by atoms with E-state index in [0.717, 1.165) is 18.7 Å². The summed E-state index contributed by atoms with van der Waals surface area (Å²) in [4.78, 5) is 0. The van der Waals surface area contributed by atoms with Gasteiger partial charge in [0.05, 0.1) is 6.04 Å². The van der Waals surface area contributed by atoms with Crippen molar-refractivity contribution in [2.75, 3.05) is 6.54 Å². The highest BCUT2D eigenvalue weighted by Crippen LogP contribution is 2.25. The molecule has 0 amide bonds. The van der Waals surface area contributed by atoms with Gasteiger partial charge >= 0.3 is 0 Å². The smallest absolute Gasteiger partial charge is 0.193 e. The molecule has 0 aliphatic carbocycles. The van der Waals surface area contributed by atoms with Gasteiger partial charge in [0.2, 0.25) is 0 Å². The third kappa shape index (κ3) is 3.40. The van der Waals surface area contributed by atoms with Gasteiger partial charge in [0.25, 0.3) is 0 Å². The molecule has 1 N–H and O–H groups in total. The lowest BCUT2D eigenvalue weighted by molar-refractivity contribution is 0.416. The zero-order chi connectivity index (χ0) is 13.8. The van der Waals surface area contributed by atoms with Crippen molar-refractivity contribution in [2.24, 2.45) is 0 Å². The maximum absolute atomic E-state index is 5.88. The zero-order valence-electron chi connectivity index (χ0n) is 11.7. The number of nitrogens with one attached hydrogen (secondary N) is 1. The summed E-state index contributed by atoms with van der Waals surface area (Å²) >= 11 is 5.88. The molecule has 1 heterocycles. The van der Waals surface area contributed by atoms with Crippen molar-refractivity contribution in [1.82, 2.24) is 5.32 Å². The molecule has 0 fully saturated rings. The molecule has 1 unspecified atom stereocenters. The van der Waals surface area contributed by atoms with Crippen LogP contribution in [-0.2, 0) is 6.42 Å². The van der Waals surface area contributed by atoms with E-state index in [-0.39, 0.29) is 6.04 Å². The van der Waals surface area contributed by atoms with Gasteiger partial charge in [-0.15, -0.1) is 0 Å². The normalized spacial score (nSPS) is 12.6. The Balaban J connectivity index is 2.26. The number of aryl methyl sites for hydroxylation is 2. The molecule has 0 radical (unpaired) electrons. The fourth-order valence-electron chi connectivity index (χ4n) is 2.41. The Labute approximate surface area is 119 Å². The molecule has 2 aromatic rings. The van der Waals surface area contributed by atoms with E-state index < -0.39 is 0 Å². The predicted octanol–water partition coefficient (Wildman–Crippen LogP) is 4.44. The molecule has 0 aliphatic heterocycles. The molecule has 3 heteroatoms. The van der Waals surface area contributed by atoms with Crippen LogP contribution in [-0.4, -0.2) is 6.54 Å². The van der Waals surface area contributed by atoms with Crippen LogP contribution in [0.3, 0.4) is 0 Å². The van der Waals surface area contributed by atoms with Crippen molar-refractivity contribution >= 4 is 11.6 Å². The molecule has 0 aliphatic rings. The Bertz CT molecular complexity index is 527. The van der Waals surface area contributed by atoms with Crippen LogP contribution in [0, 0.1) is 13.8 Å². The summed E-state index contributed by atoms with van der Waals surface area (Å²) in [5, 5.41) is 3.91. The van der Waals surface area contributed by atoms with Crippen LogP contribution in [0.15, 0.2) is 34.7 Å². The van der Waals surface area contributed by atoms with Crippen LogP contribution in [0.5, 0.6) is 0 Å². The van der Waals surface area contributed by atoms with Gasteiger partial charge in [-0.05, 0) is 67.2 Å². The monoisotopic (exact) mass is 277 g/mol. The van der Waals surface area contributed by atoms with E-state index in [4.69, 9.17) is 16.0 Å². The summed E-state index contributed by atoms with van der Waals surface area (Å²) in [7, 11) is 0. The van der Waals surface area contributed by atoms with Crippen molar-refractivity contribution < 1.29 is 4.42 Å². The van der Waals surface area contributed by atoms with E-state index in [1.165, 1.54) is 16.7 Å². The molecule has 0 saturated carbocycles. The van der Waals surface area contributed by atoms with E-state index in [9.17, 15) is 0 Å². The van der Waals surface area contributed by atoms with Gasteiger partial charge < -0.3 is 9.73 Å². The summed E-state index contributed by atoms with van der Waals surface area (Å²) in [5.74, 6) is 0.898. The van der Waals surface area contributed by atoms with Gasteiger partial charge in [0.1, 0.15) is 5.76 Å². The van der Waals surface area contributed by atoms with Crippen molar-refractivity contribution in [1.29, 1.82) is 0 Å². The second-order valence-corrected chi connectivity index (χ2v) is 5.20. The van der Waals surface area contributed by atoms with E-state index >= 15 is 0 Å². The van der Waals surface area contributed by atoms with Crippen LogP contribution < -0.4 is 5.32 Å². The highest BCUT2D eigenvalue weighted by Gasteiger charge is 2.17.